The van der Waals surface area contributed by atoms with Crippen molar-refractivity contribution in [1.29, 1.82) is 0 Å². The standard InChI is InChI=1S/C24H38N4/c1-21-9-8-10-22-20-25-24(19-23(21)22)28-17-15-27(16-18-28)14-7-3-6-13-26-11-4-2-5-12-26/h8-10,19,25H,2-7,11-18,20H2,1H3. The number of nitrogens with zero attached hydrogens (tertiary/aromatic N) is 3. The fourth-order valence-corrected chi connectivity index (χ4v) is 4.92. The van der Waals surface area contributed by atoms with Crippen LogP contribution in [0.5, 0.6) is 0 Å². The van der Waals surface area contributed by atoms with Crippen LogP contribution in [-0.2, 0) is 6.54 Å². The highest BCUT2D eigenvalue weighted by atomic mass is 15.3. The molecule has 0 atom stereocenters. The summed E-state index contributed by atoms with van der Waals surface area (Å²) in [6.07, 6.45) is 10.8. The van der Waals surface area contributed by atoms with Crippen molar-refractivity contribution in [1.82, 2.24) is 20.0 Å². The fourth-order valence-electron chi connectivity index (χ4n) is 4.92. The molecule has 3 aliphatic rings. The van der Waals surface area contributed by atoms with E-state index >= 15 is 0 Å². The van der Waals surface area contributed by atoms with Crippen LogP contribution in [0.4, 0.5) is 0 Å². The zero-order valence-corrected chi connectivity index (χ0v) is 17.8. The zero-order valence-electron chi connectivity index (χ0n) is 17.8. The molecule has 1 aromatic carbocycles. The average molecular weight is 383 g/mol. The van der Waals surface area contributed by atoms with E-state index in [0.717, 1.165) is 19.6 Å². The quantitative estimate of drug-likeness (QED) is 0.726. The van der Waals surface area contributed by atoms with Crippen molar-refractivity contribution in [2.45, 2.75) is 52.0 Å². The largest absolute Gasteiger partial charge is 0.368 e. The lowest BCUT2D eigenvalue weighted by Crippen LogP contribution is -2.48. The van der Waals surface area contributed by atoms with Gasteiger partial charge in [-0.2, -0.15) is 0 Å². The molecule has 4 heteroatoms. The Morgan fingerprint density at radius 2 is 1.54 bits per heavy atom. The first-order chi connectivity index (χ1) is 13.8. The molecule has 0 spiro atoms. The summed E-state index contributed by atoms with van der Waals surface area (Å²) in [6.45, 7) is 13.2. The summed E-state index contributed by atoms with van der Waals surface area (Å²) in [7, 11) is 0. The summed E-state index contributed by atoms with van der Waals surface area (Å²) in [5.74, 6) is 1.32. The van der Waals surface area contributed by atoms with Gasteiger partial charge in [-0.05, 0) is 81.6 Å². The minimum absolute atomic E-state index is 0.958. The van der Waals surface area contributed by atoms with Crippen LogP contribution in [0.1, 0.15) is 55.2 Å². The molecule has 4 rings (SSSR count). The van der Waals surface area contributed by atoms with Crippen LogP contribution in [0.3, 0.4) is 0 Å². The molecule has 3 aliphatic heterocycles. The summed E-state index contributed by atoms with van der Waals surface area (Å²) >= 11 is 0. The third-order valence-electron chi connectivity index (χ3n) is 6.77. The topological polar surface area (TPSA) is 21.8 Å². The van der Waals surface area contributed by atoms with E-state index in [4.69, 9.17) is 0 Å². The second kappa shape index (κ2) is 9.80. The Labute approximate surface area is 171 Å². The summed E-state index contributed by atoms with van der Waals surface area (Å²) in [6, 6.07) is 6.63. The Morgan fingerprint density at radius 3 is 2.29 bits per heavy atom. The molecule has 0 aromatic heterocycles. The van der Waals surface area contributed by atoms with E-state index in [2.05, 4.69) is 51.2 Å². The summed E-state index contributed by atoms with van der Waals surface area (Å²) in [4.78, 5) is 7.88. The van der Waals surface area contributed by atoms with Crippen LogP contribution in [-0.4, -0.2) is 67.1 Å². The molecule has 2 fully saturated rings. The molecule has 1 aromatic rings. The van der Waals surface area contributed by atoms with Crippen molar-refractivity contribution in [3.05, 3.63) is 40.7 Å². The number of piperidine rings is 1. The first-order valence-electron chi connectivity index (χ1n) is 11.5. The molecular formula is C24H38N4. The Hall–Kier alpha value is -1.52. The van der Waals surface area contributed by atoms with Gasteiger partial charge in [0.1, 0.15) is 5.82 Å². The van der Waals surface area contributed by atoms with Crippen molar-refractivity contribution in [2.24, 2.45) is 0 Å². The van der Waals surface area contributed by atoms with E-state index in [1.165, 1.54) is 100 Å². The SMILES string of the molecule is Cc1cccc2c1C=C(N1CCN(CCCCCN3CCCCC3)CC1)NC2. The van der Waals surface area contributed by atoms with Gasteiger partial charge in [-0.25, -0.2) is 0 Å². The molecule has 0 saturated carbocycles. The molecule has 154 valence electrons. The molecule has 0 radical (unpaired) electrons. The van der Waals surface area contributed by atoms with E-state index in [0.29, 0.717) is 0 Å². The Morgan fingerprint density at radius 1 is 0.821 bits per heavy atom. The van der Waals surface area contributed by atoms with Gasteiger partial charge in [0, 0.05) is 32.7 Å². The van der Waals surface area contributed by atoms with Gasteiger partial charge in [0.25, 0.3) is 0 Å². The number of piperazine rings is 1. The number of rotatable bonds is 7. The maximum Gasteiger partial charge on any atom is 0.102 e. The number of hydrogen-bond acceptors (Lipinski definition) is 4. The van der Waals surface area contributed by atoms with Crippen molar-refractivity contribution >= 4 is 6.08 Å². The van der Waals surface area contributed by atoms with E-state index in [1.54, 1.807) is 0 Å². The predicted octanol–water partition coefficient (Wildman–Crippen LogP) is 3.67. The molecule has 1 N–H and O–H groups in total. The lowest BCUT2D eigenvalue weighted by molar-refractivity contribution is 0.149. The highest BCUT2D eigenvalue weighted by Gasteiger charge is 2.21. The van der Waals surface area contributed by atoms with E-state index in [-0.39, 0.29) is 0 Å². The number of aryl methyl sites for hydroxylation is 1. The second-order valence-electron chi connectivity index (χ2n) is 8.82. The molecular weight excluding hydrogens is 344 g/mol. The molecule has 0 aliphatic carbocycles. The first kappa shape index (κ1) is 19.8. The summed E-state index contributed by atoms with van der Waals surface area (Å²) in [5, 5.41) is 3.64. The lowest BCUT2D eigenvalue weighted by atomic mass is 9.99. The van der Waals surface area contributed by atoms with Crippen molar-refractivity contribution < 1.29 is 0 Å². The minimum atomic E-state index is 0.958. The van der Waals surface area contributed by atoms with Gasteiger partial charge in [0.15, 0.2) is 0 Å². The second-order valence-corrected chi connectivity index (χ2v) is 8.82. The molecule has 0 bridgehead atoms. The van der Waals surface area contributed by atoms with Crippen LogP contribution in [0.2, 0.25) is 0 Å². The van der Waals surface area contributed by atoms with Crippen LogP contribution in [0.15, 0.2) is 24.0 Å². The highest BCUT2D eigenvalue weighted by molar-refractivity contribution is 5.61. The number of hydrogen-bond donors (Lipinski definition) is 1. The van der Waals surface area contributed by atoms with Crippen LogP contribution in [0.25, 0.3) is 6.08 Å². The molecule has 4 nitrogen and oxygen atoms in total. The van der Waals surface area contributed by atoms with Crippen LogP contribution in [0, 0.1) is 6.92 Å². The normalized spacial score (nSPS) is 21.2. The Balaban J connectivity index is 1.16. The highest BCUT2D eigenvalue weighted by Crippen LogP contribution is 2.23. The Bertz CT molecular complexity index is 655. The number of nitrogens with one attached hydrogen (secondary N) is 1. The van der Waals surface area contributed by atoms with Gasteiger partial charge in [-0.3, -0.25) is 4.90 Å². The number of benzene rings is 1. The first-order valence-corrected chi connectivity index (χ1v) is 11.5. The van der Waals surface area contributed by atoms with E-state index < -0.39 is 0 Å². The third kappa shape index (κ3) is 5.09. The van der Waals surface area contributed by atoms with Gasteiger partial charge in [-0.15, -0.1) is 0 Å². The molecule has 0 amide bonds. The predicted molar refractivity (Wildman–Crippen MR) is 118 cm³/mol. The summed E-state index contributed by atoms with van der Waals surface area (Å²) < 4.78 is 0. The number of likely N-dealkylation sites (tertiary alicyclic amines) is 1. The molecule has 2 saturated heterocycles. The average Bonchev–Trinajstić information content (AvgIpc) is 2.75. The van der Waals surface area contributed by atoms with Crippen molar-refractivity contribution in [2.75, 3.05) is 52.4 Å². The smallest absolute Gasteiger partial charge is 0.102 e. The molecule has 0 unspecified atom stereocenters. The van der Waals surface area contributed by atoms with Gasteiger partial charge >= 0.3 is 0 Å². The third-order valence-corrected chi connectivity index (χ3v) is 6.77. The summed E-state index contributed by atoms with van der Waals surface area (Å²) in [5.41, 5.74) is 4.24. The van der Waals surface area contributed by atoms with Crippen LogP contribution < -0.4 is 5.32 Å². The molecule has 28 heavy (non-hydrogen) atoms. The maximum absolute atomic E-state index is 3.64. The molecule has 3 heterocycles. The van der Waals surface area contributed by atoms with Crippen molar-refractivity contribution in [3.63, 3.8) is 0 Å². The van der Waals surface area contributed by atoms with Gasteiger partial charge in [-0.1, -0.05) is 31.0 Å². The minimum Gasteiger partial charge on any atom is -0.368 e. The van der Waals surface area contributed by atoms with Crippen LogP contribution >= 0.6 is 0 Å². The fraction of sp³-hybridized carbons (Fsp3) is 0.667. The van der Waals surface area contributed by atoms with Gasteiger partial charge in [0.2, 0.25) is 0 Å². The Kier molecular flexibility index (Phi) is 6.92. The van der Waals surface area contributed by atoms with Crippen molar-refractivity contribution in [3.8, 4) is 0 Å². The monoisotopic (exact) mass is 382 g/mol. The zero-order chi connectivity index (χ0) is 19.2. The van der Waals surface area contributed by atoms with E-state index in [9.17, 15) is 0 Å². The lowest BCUT2D eigenvalue weighted by Gasteiger charge is -2.38. The van der Waals surface area contributed by atoms with Gasteiger partial charge < -0.3 is 15.1 Å². The van der Waals surface area contributed by atoms with Gasteiger partial charge in [0.05, 0.1) is 0 Å². The van der Waals surface area contributed by atoms with E-state index in [1.807, 2.05) is 0 Å². The number of unbranched alkanes of at least 4 members (excludes halogenated alkanes) is 2. The number of fused-ring (bicyclic) bond motifs is 1. The maximum atomic E-state index is 3.64.